The standard InChI is InChI=1S/C10H12ClFN2O/c1-6-3-7(11)9(4-8(6)12)14(2)5-10(13)15/h3-4H,5H2,1-2H3,(H2,13,15). The average molecular weight is 231 g/mol. The number of anilines is 1. The molecule has 82 valence electrons. The molecule has 1 aromatic rings. The number of carbonyl (C=O) groups excluding carboxylic acids is 1. The molecule has 3 nitrogen and oxygen atoms in total. The number of rotatable bonds is 3. The minimum atomic E-state index is -0.491. The van der Waals surface area contributed by atoms with Crippen molar-refractivity contribution in [3.05, 3.63) is 28.5 Å². The smallest absolute Gasteiger partial charge is 0.236 e. The number of benzene rings is 1. The molecule has 0 aliphatic heterocycles. The first-order valence-corrected chi connectivity index (χ1v) is 4.74. The number of hydrogen-bond acceptors (Lipinski definition) is 2. The van der Waals surface area contributed by atoms with Gasteiger partial charge in [-0.15, -0.1) is 0 Å². The zero-order valence-electron chi connectivity index (χ0n) is 8.55. The molecule has 0 saturated carbocycles. The molecule has 0 bridgehead atoms. The van der Waals surface area contributed by atoms with Crippen LogP contribution in [0.5, 0.6) is 0 Å². The van der Waals surface area contributed by atoms with Crippen LogP contribution in [-0.4, -0.2) is 19.5 Å². The lowest BCUT2D eigenvalue weighted by Gasteiger charge is -2.19. The summed E-state index contributed by atoms with van der Waals surface area (Å²) < 4.78 is 13.3. The van der Waals surface area contributed by atoms with Crippen molar-refractivity contribution in [2.75, 3.05) is 18.5 Å². The molecule has 1 amide bonds. The lowest BCUT2D eigenvalue weighted by molar-refractivity contribution is -0.116. The number of nitrogens with two attached hydrogens (primary N) is 1. The van der Waals surface area contributed by atoms with Crippen molar-refractivity contribution in [3.63, 3.8) is 0 Å². The van der Waals surface area contributed by atoms with Gasteiger partial charge in [0.05, 0.1) is 17.3 Å². The Hall–Kier alpha value is -1.29. The second-order valence-corrected chi connectivity index (χ2v) is 3.78. The van der Waals surface area contributed by atoms with Gasteiger partial charge >= 0.3 is 0 Å². The van der Waals surface area contributed by atoms with Gasteiger partial charge in [0.25, 0.3) is 0 Å². The quantitative estimate of drug-likeness (QED) is 0.859. The van der Waals surface area contributed by atoms with Gasteiger partial charge in [-0.2, -0.15) is 0 Å². The highest BCUT2D eigenvalue weighted by molar-refractivity contribution is 6.33. The molecule has 5 heteroatoms. The molecule has 0 radical (unpaired) electrons. The van der Waals surface area contributed by atoms with E-state index in [-0.39, 0.29) is 12.4 Å². The summed E-state index contributed by atoms with van der Waals surface area (Å²) >= 11 is 5.92. The van der Waals surface area contributed by atoms with E-state index in [0.29, 0.717) is 16.3 Å². The molecule has 15 heavy (non-hydrogen) atoms. The second kappa shape index (κ2) is 4.49. The first kappa shape index (κ1) is 11.8. The van der Waals surface area contributed by atoms with Crippen molar-refractivity contribution in [2.24, 2.45) is 5.73 Å². The van der Waals surface area contributed by atoms with Gasteiger partial charge in [-0.1, -0.05) is 11.6 Å². The maximum Gasteiger partial charge on any atom is 0.236 e. The molecule has 0 aliphatic rings. The van der Waals surface area contributed by atoms with Crippen LogP contribution in [0.1, 0.15) is 5.56 Å². The van der Waals surface area contributed by atoms with E-state index >= 15 is 0 Å². The van der Waals surface area contributed by atoms with E-state index in [4.69, 9.17) is 17.3 Å². The third-order valence-corrected chi connectivity index (χ3v) is 2.34. The Bertz CT molecular complexity index is 395. The minimum Gasteiger partial charge on any atom is -0.368 e. The predicted molar refractivity (Wildman–Crippen MR) is 58.6 cm³/mol. The van der Waals surface area contributed by atoms with E-state index in [1.165, 1.54) is 17.0 Å². The van der Waals surface area contributed by atoms with Crippen molar-refractivity contribution in [1.29, 1.82) is 0 Å². The number of likely N-dealkylation sites (N-methyl/N-ethyl adjacent to an activating group) is 1. The number of carbonyl (C=O) groups is 1. The van der Waals surface area contributed by atoms with E-state index < -0.39 is 5.91 Å². The predicted octanol–water partition coefficient (Wildman–Crippen LogP) is 1.71. The Morgan fingerprint density at radius 1 is 1.60 bits per heavy atom. The molecule has 0 atom stereocenters. The van der Waals surface area contributed by atoms with Crippen LogP contribution < -0.4 is 10.6 Å². The summed E-state index contributed by atoms with van der Waals surface area (Å²) in [5.74, 6) is -0.847. The summed E-state index contributed by atoms with van der Waals surface area (Å²) in [7, 11) is 1.63. The highest BCUT2D eigenvalue weighted by atomic mass is 35.5. The van der Waals surface area contributed by atoms with Gasteiger partial charge in [-0.25, -0.2) is 4.39 Å². The molecule has 0 fully saturated rings. The maximum absolute atomic E-state index is 13.3. The number of aryl methyl sites for hydroxylation is 1. The summed E-state index contributed by atoms with van der Waals surface area (Å²) in [6.07, 6.45) is 0. The summed E-state index contributed by atoms with van der Waals surface area (Å²) in [6, 6.07) is 2.81. The molecule has 2 N–H and O–H groups in total. The Morgan fingerprint density at radius 2 is 2.20 bits per heavy atom. The summed E-state index contributed by atoms with van der Waals surface area (Å²) in [4.78, 5) is 12.2. The molecule has 0 saturated heterocycles. The van der Waals surface area contributed by atoms with Gasteiger partial charge in [0.2, 0.25) is 5.91 Å². The Labute approximate surface area is 92.6 Å². The van der Waals surface area contributed by atoms with E-state index in [9.17, 15) is 9.18 Å². The zero-order chi connectivity index (χ0) is 11.6. The van der Waals surface area contributed by atoms with Crippen LogP contribution in [0.25, 0.3) is 0 Å². The molecule has 1 rings (SSSR count). The molecule has 0 aromatic heterocycles. The zero-order valence-corrected chi connectivity index (χ0v) is 9.31. The van der Waals surface area contributed by atoms with E-state index in [0.717, 1.165) is 0 Å². The first-order valence-electron chi connectivity index (χ1n) is 4.37. The summed E-state index contributed by atoms with van der Waals surface area (Å²) in [5, 5.41) is 0.401. The third kappa shape index (κ3) is 2.83. The number of hydrogen-bond donors (Lipinski definition) is 1. The SMILES string of the molecule is Cc1cc(Cl)c(N(C)CC(N)=O)cc1F. The number of halogens is 2. The monoisotopic (exact) mass is 230 g/mol. The third-order valence-electron chi connectivity index (χ3n) is 2.03. The largest absolute Gasteiger partial charge is 0.368 e. The first-order chi connectivity index (χ1) is 6.91. The van der Waals surface area contributed by atoms with Crippen LogP contribution in [-0.2, 0) is 4.79 Å². The van der Waals surface area contributed by atoms with Crippen LogP contribution in [0, 0.1) is 12.7 Å². The fraction of sp³-hybridized carbons (Fsp3) is 0.300. The van der Waals surface area contributed by atoms with Crippen molar-refractivity contribution in [3.8, 4) is 0 Å². The summed E-state index contributed by atoms with van der Waals surface area (Å²) in [5.41, 5.74) is 5.96. The van der Waals surface area contributed by atoms with E-state index in [2.05, 4.69) is 0 Å². The van der Waals surface area contributed by atoms with Crippen LogP contribution in [0.2, 0.25) is 5.02 Å². The van der Waals surface area contributed by atoms with Crippen LogP contribution >= 0.6 is 11.6 Å². The van der Waals surface area contributed by atoms with Crippen LogP contribution in [0.15, 0.2) is 12.1 Å². The number of amides is 1. The molecule has 0 spiro atoms. The summed E-state index contributed by atoms with van der Waals surface area (Å²) in [6.45, 7) is 1.63. The number of nitrogens with zero attached hydrogens (tertiary/aromatic N) is 1. The van der Waals surface area contributed by atoms with Gasteiger partial charge in [-0.3, -0.25) is 4.79 Å². The Morgan fingerprint density at radius 3 is 2.73 bits per heavy atom. The average Bonchev–Trinajstić information content (AvgIpc) is 2.09. The molecular formula is C10H12ClFN2O. The molecule has 0 aliphatic carbocycles. The molecule has 0 unspecified atom stereocenters. The minimum absolute atomic E-state index is 0.00220. The van der Waals surface area contributed by atoms with Crippen LogP contribution in [0.3, 0.4) is 0 Å². The molecule has 1 aromatic carbocycles. The highest BCUT2D eigenvalue weighted by Gasteiger charge is 2.11. The normalized spacial score (nSPS) is 10.1. The maximum atomic E-state index is 13.3. The van der Waals surface area contributed by atoms with Gasteiger partial charge in [-0.05, 0) is 24.6 Å². The molecule has 0 heterocycles. The topological polar surface area (TPSA) is 46.3 Å². The van der Waals surface area contributed by atoms with Crippen molar-refractivity contribution >= 4 is 23.2 Å². The Balaban J connectivity index is 3.03. The number of primary amides is 1. The van der Waals surface area contributed by atoms with Gasteiger partial charge < -0.3 is 10.6 Å². The van der Waals surface area contributed by atoms with Crippen molar-refractivity contribution in [1.82, 2.24) is 0 Å². The lowest BCUT2D eigenvalue weighted by Crippen LogP contribution is -2.30. The van der Waals surface area contributed by atoms with Crippen molar-refractivity contribution in [2.45, 2.75) is 6.92 Å². The van der Waals surface area contributed by atoms with Crippen molar-refractivity contribution < 1.29 is 9.18 Å². The van der Waals surface area contributed by atoms with E-state index in [1.807, 2.05) is 0 Å². The lowest BCUT2D eigenvalue weighted by atomic mass is 10.2. The van der Waals surface area contributed by atoms with Gasteiger partial charge in [0.15, 0.2) is 0 Å². The van der Waals surface area contributed by atoms with Gasteiger partial charge in [0, 0.05) is 7.05 Å². The van der Waals surface area contributed by atoms with E-state index in [1.54, 1.807) is 14.0 Å². The fourth-order valence-electron chi connectivity index (χ4n) is 1.25. The van der Waals surface area contributed by atoms with Crippen LogP contribution in [0.4, 0.5) is 10.1 Å². The molecular weight excluding hydrogens is 219 g/mol. The Kier molecular flexibility index (Phi) is 3.52. The second-order valence-electron chi connectivity index (χ2n) is 3.38. The van der Waals surface area contributed by atoms with Gasteiger partial charge in [0.1, 0.15) is 5.82 Å². The fourth-order valence-corrected chi connectivity index (χ4v) is 1.61. The highest BCUT2D eigenvalue weighted by Crippen LogP contribution is 2.27.